The molecule has 1 atom stereocenters. The number of hydrogen-bond acceptors (Lipinski definition) is 2. The second-order valence-electron chi connectivity index (χ2n) is 6.30. The van der Waals surface area contributed by atoms with Crippen LogP contribution in [0.2, 0.25) is 0 Å². The zero-order chi connectivity index (χ0) is 14.2. The molecule has 1 fully saturated rings. The maximum atomic E-state index is 6.50. The highest BCUT2D eigenvalue weighted by Crippen LogP contribution is 2.37. The molecule has 0 radical (unpaired) electrons. The molecule has 2 aromatic rings. The summed E-state index contributed by atoms with van der Waals surface area (Å²) in [5, 5.41) is 0. The summed E-state index contributed by atoms with van der Waals surface area (Å²) < 4.78 is 5.49. The van der Waals surface area contributed by atoms with E-state index in [-0.39, 0.29) is 6.04 Å². The van der Waals surface area contributed by atoms with Crippen molar-refractivity contribution in [2.75, 3.05) is 0 Å². The molecular formula is C19H21NO. The molecule has 2 aliphatic rings. The van der Waals surface area contributed by atoms with E-state index in [1.54, 1.807) is 0 Å². The highest BCUT2D eigenvalue weighted by Gasteiger charge is 2.21. The van der Waals surface area contributed by atoms with Gasteiger partial charge < -0.3 is 10.5 Å². The maximum Gasteiger partial charge on any atom is 0.0725 e. The lowest BCUT2D eigenvalue weighted by molar-refractivity contribution is 0.134. The maximum absolute atomic E-state index is 6.50. The third-order valence-electron chi connectivity index (χ3n) is 4.95. The number of nitrogens with two attached hydrogens (primary N) is 1. The van der Waals surface area contributed by atoms with Crippen LogP contribution in [-0.2, 0) is 18.0 Å². The molecule has 1 saturated carbocycles. The first-order chi connectivity index (χ1) is 10.3. The van der Waals surface area contributed by atoms with Crippen molar-refractivity contribution in [2.45, 2.75) is 44.4 Å². The Balaban J connectivity index is 1.63. The molecule has 1 aliphatic carbocycles. The van der Waals surface area contributed by atoms with E-state index in [2.05, 4.69) is 42.5 Å². The highest BCUT2D eigenvalue weighted by molar-refractivity contribution is 5.40. The van der Waals surface area contributed by atoms with Crippen molar-refractivity contribution < 1.29 is 4.74 Å². The van der Waals surface area contributed by atoms with Gasteiger partial charge in [0.2, 0.25) is 0 Å². The molecule has 0 bridgehead atoms. The third-order valence-corrected chi connectivity index (χ3v) is 4.95. The summed E-state index contributed by atoms with van der Waals surface area (Å²) in [5.41, 5.74) is 13.0. The van der Waals surface area contributed by atoms with E-state index >= 15 is 0 Å². The molecule has 2 N–H and O–H groups in total. The fraction of sp³-hybridized carbons (Fsp3) is 0.368. The van der Waals surface area contributed by atoms with E-state index in [9.17, 15) is 0 Å². The molecule has 2 aromatic carbocycles. The Morgan fingerprint density at radius 3 is 2.57 bits per heavy atom. The predicted octanol–water partition coefficient (Wildman–Crippen LogP) is 4.03. The summed E-state index contributed by atoms with van der Waals surface area (Å²) in [6.07, 6.45) is 4.02. The van der Waals surface area contributed by atoms with Gasteiger partial charge in [-0.05, 0) is 46.6 Å². The Kier molecular flexibility index (Phi) is 3.28. The normalized spacial score (nSPS) is 19.1. The topological polar surface area (TPSA) is 35.2 Å². The van der Waals surface area contributed by atoms with Gasteiger partial charge in [-0.2, -0.15) is 0 Å². The van der Waals surface area contributed by atoms with Crippen molar-refractivity contribution in [2.24, 2.45) is 5.73 Å². The summed E-state index contributed by atoms with van der Waals surface area (Å²) in [6.45, 7) is 1.46. The highest BCUT2D eigenvalue weighted by atomic mass is 16.5. The average molecular weight is 279 g/mol. The van der Waals surface area contributed by atoms with Crippen LogP contribution in [0, 0.1) is 0 Å². The summed E-state index contributed by atoms with van der Waals surface area (Å²) in [5.74, 6) is 0.755. The Morgan fingerprint density at radius 2 is 1.76 bits per heavy atom. The lowest BCUT2D eigenvalue weighted by Gasteiger charge is -2.26. The minimum absolute atomic E-state index is 0.0454. The van der Waals surface area contributed by atoms with Gasteiger partial charge in [0.25, 0.3) is 0 Å². The lowest BCUT2D eigenvalue weighted by Crippen LogP contribution is -2.14. The predicted molar refractivity (Wildman–Crippen MR) is 84.0 cm³/mol. The van der Waals surface area contributed by atoms with Gasteiger partial charge in [0.1, 0.15) is 0 Å². The molecule has 2 heteroatoms. The number of hydrogen-bond donors (Lipinski definition) is 1. The van der Waals surface area contributed by atoms with E-state index in [1.165, 1.54) is 47.1 Å². The zero-order valence-electron chi connectivity index (χ0n) is 12.2. The molecule has 1 unspecified atom stereocenters. The van der Waals surface area contributed by atoms with Crippen LogP contribution in [0.15, 0.2) is 42.5 Å². The molecule has 0 amide bonds. The average Bonchev–Trinajstić information content (AvgIpc) is 2.92. The molecule has 0 spiro atoms. The fourth-order valence-electron chi connectivity index (χ4n) is 3.33. The van der Waals surface area contributed by atoms with Crippen molar-refractivity contribution in [1.29, 1.82) is 0 Å². The zero-order valence-corrected chi connectivity index (χ0v) is 12.2. The summed E-state index contributed by atoms with van der Waals surface area (Å²) >= 11 is 0. The van der Waals surface area contributed by atoms with Gasteiger partial charge in [0.15, 0.2) is 0 Å². The van der Waals surface area contributed by atoms with Crippen LogP contribution in [0.5, 0.6) is 0 Å². The Labute approximate surface area is 125 Å². The minimum Gasteiger partial charge on any atom is -0.372 e. The first kappa shape index (κ1) is 13.1. The monoisotopic (exact) mass is 279 g/mol. The van der Waals surface area contributed by atoms with E-state index in [0.29, 0.717) is 0 Å². The summed E-state index contributed by atoms with van der Waals surface area (Å²) in [6, 6.07) is 15.3. The van der Waals surface area contributed by atoms with Gasteiger partial charge in [-0.25, -0.2) is 0 Å². The molecule has 4 rings (SSSR count). The van der Waals surface area contributed by atoms with E-state index in [1.807, 2.05) is 0 Å². The molecule has 1 heterocycles. The van der Waals surface area contributed by atoms with Crippen LogP contribution in [0.3, 0.4) is 0 Å². The smallest absolute Gasteiger partial charge is 0.0725 e. The van der Waals surface area contributed by atoms with Gasteiger partial charge in [-0.15, -0.1) is 0 Å². The van der Waals surface area contributed by atoms with Crippen LogP contribution in [0.1, 0.15) is 59.0 Å². The standard InChI is InChI=1S/C19H21NO/c20-19(16-7-8-17-11-21-12-18(17)10-16)15-6-2-5-14(9-15)13-3-1-4-13/h2,5-10,13,19H,1,3-4,11-12,20H2. The van der Waals surface area contributed by atoms with Gasteiger partial charge in [0.05, 0.1) is 19.3 Å². The van der Waals surface area contributed by atoms with Crippen LogP contribution in [0.4, 0.5) is 0 Å². The second-order valence-corrected chi connectivity index (χ2v) is 6.30. The van der Waals surface area contributed by atoms with Crippen LogP contribution in [-0.4, -0.2) is 0 Å². The molecule has 0 saturated heterocycles. The largest absolute Gasteiger partial charge is 0.372 e. The first-order valence-electron chi connectivity index (χ1n) is 7.86. The third kappa shape index (κ3) is 2.39. The van der Waals surface area contributed by atoms with Gasteiger partial charge in [0, 0.05) is 0 Å². The number of rotatable bonds is 3. The van der Waals surface area contributed by atoms with Gasteiger partial charge in [-0.3, -0.25) is 0 Å². The number of ether oxygens (including phenoxy) is 1. The molecule has 0 aromatic heterocycles. The SMILES string of the molecule is NC(c1cccc(C2CCC2)c1)c1ccc2c(c1)COC2. The van der Waals surface area contributed by atoms with E-state index < -0.39 is 0 Å². The van der Waals surface area contributed by atoms with Crippen LogP contribution in [0.25, 0.3) is 0 Å². The van der Waals surface area contributed by atoms with Crippen molar-refractivity contribution in [3.8, 4) is 0 Å². The van der Waals surface area contributed by atoms with Crippen molar-refractivity contribution in [1.82, 2.24) is 0 Å². The van der Waals surface area contributed by atoms with Crippen molar-refractivity contribution in [3.05, 3.63) is 70.3 Å². The minimum atomic E-state index is -0.0454. The van der Waals surface area contributed by atoms with E-state index in [0.717, 1.165) is 19.1 Å². The van der Waals surface area contributed by atoms with E-state index in [4.69, 9.17) is 10.5 Å². The van der Waals surface area contributed by atoms with Crippen molar-refractivity contribution >= 4 is 0 Å². The molecule has 2 nitrogen and oxygen atoms in total. The molecule has 108 valence electrons. The first-order valence-corrected chi connectivity index (χ1v) is 7.86. The molecule has 21 heavy (non-hydrogen) atoms. The summed E-state index contributed by atoms with van der Waals surface area (Å²) in [4.78, 5) is 0. The Morgan fingerprint density at radius 1 is 0.952 bits per heavy atom. The lowest BCUT2D eigenvalue weighted by atomic mass is 9.79. The number of benzene rings is 2. The summed E-state index contributed by atoms with van der Waals surface area (Å²) in [7, 11) is 0. The van der Waals surface area contributed by atoms with Gasteiger partial charge in [-0.1, -0.05) is 48.9 Å². The second kappa shape index (κ2) is 5.28. The Hall–Kier alpha value is -1.64. The quantitative estimate of drug-likeness (QED) is 0.920. The van der Waals surface area contributed by atoms with Gasteiger partial charge >= 0.3 is 0 Å². The fourth-order valence-corrected chi connectivity index (χ4v) is 3.33. The van der Waals surface area contributed by atoms with Crippen molar-refractivity contribution in [3.63, 3.8) is 0 Å². The van der Waals surface area contributed by atoms with Crippen LogP contribution >= 0.6 is 0 Å². The number of fused-ring (bicyclic) bond motifs is 1. The van der Waals surface area contributed by atoms with Crippen LogP contribution < -0.4 is 5.73 Å². The Bertz CT molecular complexity index is 660. The molecule has 1 aliphatic heterocycles. The molecular weight excluding hydrogens is 258 g/mol.